The molecule has 1 aliphatic heterocycles. The van der Waals surface area contributed by atoms with Gasteiger partial charge in [-0.3, -0.25) is 4.79 Å². The summed E-state index contributed by atoms with van der Waals surface area (Å²) >= 11 is 4.05. The topological polar surface area (TPSA) is 35.5 Å². The third kappa shape index (κ3) is 3.55. The second-order valence-electron chi connectivity index (χ2n) is 5.38. The van der Waals surface area contributed by atoms with Crippen LogP contribution in [0.4, 0.5) is 0 Å². The molecule has 4 heteroatoms. The molecule has 0 aromatic heterocycles. The first-order valence-electron chi connectivity index (χ1n) is 7.08. The van der Waals surface area contributed by atoms with E-state index in [0.717, 1.165) is 31.8 Å². The predicted octanol–water partition coefficient (Wildman–Crippen LogP) is 3.30. The first-order valence-corrected chi connectivity index (χ1v) is 7.52. The van der Waals surface area contributed by atoms with Crippen molar-refractivity contribution >= 4 is 17.7 Å². The van der Waals surface area contributed by atoms with Gasteiger partial charge in [-0.15, -0.1) is 12.6 Å². The molecule has 0 N–H and O–H groups in total. The lowest BCUT2D eigenvalue weighted by atomic mass is 9.74. The number of methoxy groups -OCH3 is 1. The van der Waals surface area contributed by atoms with Crippen molar-refractivity contribution in [3.63, 3.8) is 0 Å². The summed E-state index contributed by atoms with van der Waals surface area (Å²) in [6.45, 7) is 3.54. The van der Waals surface area contributed by atoms with Gasteiger partial charge in [0.15, 0.2) is 5.12 Å². The molecule has 1 aromatic carbocycles. The number of carbonyl (C=O) groups is 1. The van der Waals surface area contributed by atoms with E-state index in [1.54, 1.807) is 7.11 Å². The molecule has 0 saturated carbocycles. The quantitative estimate of drug-likeness (QED) is 0.846. The van der Waals surface area contributed by atoms with Crippen molar-refractivity contribution in [3.8, 4) is 5.75 Å². The number of ether oxygens (including phenoxy) is 2. The SMILES string of the molecule is COc1ccc(C(C2CCOCC2)C(C)C(=O)S)cc1. The zero-order chi connectivity index (χ0) is 14.5. The van der Waals surface area contributed by atoms with E-state index in [2.05, 4.69) is 24.8 Å². The highest BCUT2D eigenvalue weighted by Gasteiger charge is 2.32. The fourth-order valence-corrected chi connectivity index (χ4v) is 3.18. The second kappa shape index (κ2) is 7.14. The van der Waals surface area contributed by atoms with Gasteiger partial charge in [0.2, 0.25) is 0 Å². The van der Waals surface area contributed by atoms with E-state index < -0.39 is 0 Å². The van der Waals surface area contributed by atoms with Gasteiger partial charge in [0.05, 0.1) is 7.11 Å². The van der Waals surface area contributed by atoms with Crippen LogP contribution >= 0.6 is 12.6 Å². The van der Waals surface area contributed by atoms with Crippen LogP contribution in [0.5, 0.6) is 5.75 Å². The molecule has 1 heterocycles. The van der Waals surface area contributed by atoms with E-state index in [4.69, 9.17) is 9.47 Å². The van der Waals surface area contributed by atoms with Crippen LogP contribution in [-0.4, -0.2) is 25.4 Å². The van der Waals surface area contributed by atoms with E-state index in [9.17, 15) is 4.79 Å². The third-order valence-electron chi connectivity index (χ3n) is 4.20. The van der Waals surface area contributed by atoms with Crippen LogP contribution in [0.1, 0.15) is 31.2 Å². The molecule has 0 radical (unpaired) electrons. The molecule has 0 spiro atoms. The smallest absolute Gasteiger partial charge is 0.189 e. The number of hydrogen-bond donors (Lipinski definition) is 1. The molecule has 110 valence electrons. The second-order valence-corrected chi connectivity index (χ2v) is 5.82. The van der Waals surface area contributed by atoms with Gasteiger partial charge in [-0.2, -0.15) is 0 Å². The molecule has 1 aromatic rings. The fraction of sp³-hybridized carbons (Fsp3) is 0.562. The summed E-state index contributed by atoms with van der Waals surface area (Å²) in [5, 5.41) is -0.0442. The van der Waals surface area contributed by atoms with E-state index in [0.29, 0.717) is 5.92 Å². The minimum absolute atomic E-state index is 0.0442. The van der Waals surface area contributed by atoms with Crippen molar-refractivity contribution in [3.05, 3.63) is 29.8 Å². The van der Waals surface area contributed by atoms with Crippen molar-refractivity contribution in [1.82, 2.24) is 0 Å². The number of rotatable bonds is 5. The molecule has 0 aliphatic carbocycles. The van der Waals surface area contributed by atoms with E-state index >= 15 is 0 Å². The van der Waals surface area contributed by atoms with Gasteiger partial charge < -0.3 is 9.47 Å². The zero-order valence-corrected chi connectivity index (χ0v) is 12.9. The Morgan fingerprint density at radius 1 is 1.30 bits per heavy atom. The first kappa shape index (κ1) is 15.4. The highest BCUT2D eigenvalue weighted by atomic mass is 32.1. The summed E-state index contributed by atoms with van der Waals surface area (Å²) in [5.74, 6) is 1.43. The average Bonchev–Trinajstić information content (AvgIpc) is 2.49. The Hall–Kier alpha value is -1.00. The number of benzene rings is 1. The van der Waals surface area contributed by atoms with Crippen molar-refractivity contribution < 1.29 is 14.3 Å². The van der Waals surface area contributed by atoms with Gasteiger partial charge in [-0.25, -0.2) is 0 Å². The summed E-state index contributed by atoms with van der Waals surface area (Å²) in [6, 6.07) is 8.03. The molecule has 3 nitrogen and oxygen atoms in total. The summed E-state index contributed by atoms with van der Waals surface area (Å²) in [5.41, 5.74) is 1.19. The maximum Gasteiger partial charge on any atom is 0.189 e. The normalized spacial score (nSPS) is 19.4. The summed E-state index contributed by atoms with van der Waals surface area (Å²) in [7, 11) is 1.66. The van der Waals surface area contributed by atoms with Crippen LogP contribution in [0, 0.1) is 11.8 Å². The number of hydrogen-bond acceptors (Lipinski definition) is 3. The minimum atomic E-state index is -0.0881. The maximum atomic E-state index is 11.7. The van der Waals surface area contributed by atoms with Crippen molar-refractivity contribution in [2.24, 2.45) is 11.8 Å². The van der Waals surface area contributed by atoms with E-state index in [1.807, 2.05) is 19.1 Å². The Balaban J connectivity index is 2.26. The van der Waals surface area contributed by atoms with Crippen LogP contribution in [0.3, 0.4) is 0 Å². The summed E-state index contributed by atoms with van der Waals surface area (Å²) < 4.78 is 10.6. The lowest BCUT2D eigenvalue weighted by Gasteiger charge is -2.33. The molecule has 20 heavy (non-hydrogen) atoms. The molecule has 0 bridgehead atoms. The lowest BCUT2D eigenvalue weighted by Crippen LogP contribution is -2.28. The molecule has 1 fully saturated rings. The first-order chi connectivity index (χ1) is 9.63. The van der Waals surface area contributed by atoms with Crippen molar-refractivity contribution in [2.75, 3.05) is 20.3 Å². The lowest BCUT2D eigenvalue weighted by molar-refractivity contribution is -0.115. The van der Waals surface area contributed by atoms with Gasteiger partial charge in [0, 0.05) is 19.1 Å². The maximum absolute atomic E-state index is 11.7. The van der Waals surface area contributed by atoms with Crippen LogP contribution in [0.15, 0.2) is 24.3 Å². The molecule has 2 unspecified atom stereocenters. The highest BCUT2D eigenvalue weighted by molar-refractivity contribution is 7.96. The van der Waals surface area contributed by atoms with Crippen LogP contribution in [-0.2, 0) is 9.53 Å². The van der Waals surface area contributed by atoms with Gasteiger partial charge in [-0.1, -0.05) is 19.1 Å². The monoisotopic (exact) mass is 294 g/mol. The fourth-order valence-electron chi connectivity index (χ4n) is 3.02. The predicted molar refractivity (Wildman–Crippen MR) is 82.4 cm³/mol. The molecular weight excluding hydrogens is 272 g/mol. The molecule has 1 aliphatic rings. The Labute approximate surface area is 126 Å². The van der Waals surface area contributed by atoms with Crippen LogP contribution in [0.25, 0.3) is 0 Å². The zero-order valence-electron chi connectivity index (χ0n) is 12.0. The van der Waals surface area contributed by atoms with Crippen LogP contribution < -0.4 is 4.74 Å². The Kier molecular flexibility index (Phi) is 5.49. The number of thiol groups is 1. The van der Waals surface area contributed by atoms with Crippen molar-refractivity contribution in [2.45, 2.75) is 25.7 Å². The van der Waals surface area contributed by atoms with Crippen molar-refractivity contribution in [1.29, 1.82) is 0 Å². The largest absolute Gasteiger partial charge is 0.497 e. The van der Waals surface area contributed by atoms with E-state index in [1.165, 1.54) is 5.56 Å². The molecule has 2 atom stereocenters. The summed E-state index contributed by atoms with van der Waals surface area (Å²) in [4.78, 5) is 11.7. The van der Waals surface area contributed by atoms with Gasteiger partial charge in [0.25, 0.3) is 0 Å². The van der Waals surface area contributed by atoms with Gasteiger partial charge in [-0.05, 0) is 42.4 Å². The van der Waals surface area contributed by atoms with E-state index in [-0.39, 0.29) is 17.0 Å². The third-order valence-corrected chi connectivity index (χ3v) is 4.61. The summed E-state index contributed by atoms with van der Waals surface area (Å²) in [6.07, 6.45) is 2.00. The highest BCUT2D eigenvalue weighted by Crippen LogP contribution is 2.39. The van der Waals surface area contributed by atoms with Gasteiger partial charge >= 0.3 is 0 Å². The molecular formula is C16H22O3S. The minimum Gasteiger partial charge on any atom is -0.497 e. The molecule has 1 saturated heterocycles. The molecule has 2 rings (SSSR count). The Morgan fingerprint density at radius 2 is 1.90 bits per heavy atom. The Morgan fingerprint density at radius 3 is 2.40 bits per heavy atom. The standard InChI is InChI=1S/C16H22O3S/c1-11(16(17)20)15(13-7-9-19-10-8-13)12-3-5-14(18-2)6-4-12/h3-6,11,13,15H,7-10H2,1-2H3,(H,17,20). The molecule has 0 amide bonds. The van der Waals surface area contributed by atoms with Gasteiger partial charge in [0.1, 0.15) is 5.75 Å². The average molecular weight is 294 g/mol. The number of carbonyl (C=O) groups excluding carboxylic acids is 1. The van der Waals surface area contributed by atoms with Crippen LogP contribution in [0.2, 0.25) is 0 Å². The Bertz CT molecular complexity index is 438.